The van der Waals surface area contributed by atoms with Gasteiger partial charge in [-0.3, -0.25) is 0 Å². The molecule has 22 heavy (non-hydrogen) atoms. The van der Waals surface area contributed by atoms with Gasteiger partial charge in [-0.1, -0.05) is 39.0 Å². The van der Waals surface area contributed by atoms with E-state index in [4.69, 9.17) is 0 Å². The number of halogens is 6. The molecule has 0 fully saturated rings. The molecule has 128 valence electrons. The van der Waals surface area contributed by atoms with E-state index in [0.717, 1.165) is 12.8 Å². The summed E-state index contributed by atoms with van der Waals surface area (Å²) >= 11 is 0. The Morgan fingerprint density at radius 2 is 1.27 bits per heavy atom. The van der Waals surface area contributed by atoms with Gasteiger partial charge in [0.2, 0.25) is 0 Å². The maximum Gasteiger partial charge on any atom is 1.00 e. The summed E-state index contributed by atoms with van der Waals surface area (Å²) in [6.07, 6.45) is 0.927. The standard InChI is InChI=1S/C11H18F6O3S.K/c1-2-3-4-5-6-7-8-9(12,13)10(14,15)11(16,17)21(18,19)20;/h2-8H2,1H3,(H,18,19,20);/q;+1/p-1. The van der Waals surface area contributed by atoms with Crippen LogP contribution in [-0.2, 0) is 10.1 Å². The Hall–Kier alpha value is 1.13. The van der Waals surface area contributed by atoms with E-state index in [1.807, 2.05) is 6.92 Å². The first kappa shape index (κ1) is 25.4. The van der Waals surface area contributed by atoms with Crippen LogP contribution in [0.25, 0.3) is 0 Å². The van der Waals surface area contributed by atoms with E-state index in [-0.39, 0.29) is 57.8 Å². The second-order valence-corrected chi connectivity index (χ2v) is 6.19. The van der Waals surface area contributed by atoms with Crippen molar-refractivity contribution in [3.63, 3.8) is 0 Å². The van der Waals surface area contributed by atoms with Crippen molar-refractivity contribution in [3.05, 3.63) is 0 Å². The number of hydrogen-bond acceptors (Lipinski definition) is 3. The summed E-state index contributed by atoms with van der Waals surface area (Å²) in [4.78, 5) is 0. The average Bonchev–Trinajstić information content (AvgIpc) is 2.31. The topological polar surface area (TPSA) is 57.2 Å². The molecular weight excluding hydrogens is 365 g/mol. The Morgan fingerprint density at radius 1 is 0.864 bits per heavy atom. The molecule has 0 amide bonds. The summed E-state index contributed by atoms with van der Waals surface area (Å²) in [6.45, 7) is 1.90. The number of hydrogen-bond donors (Lipinski definition) is 0. The summed E-state index contributed by atoms with van der Waals surface area (Å²) in [5, 5.41) is -6.36. The molecule has 0 heterocycles. The summed E-state index contributed by atoms with van der Waals surface area (Å²) in [5.41, 5.74) is 0. The van der Waals surface area contributed by atoms with E-state index < -0.39 is 40.1 Å². The minimum atomic E-state index is -6.90. The van der Waals surface area contributed by atoms with Gasteiger partial charge < -0.3 is 4.55 Å². The molecule has 0 N–H and O–H groups in total. The van der Waals surface area contributed by atoms with Crippen LogP contribution in [0.3, 0.4) is 0 Å². The van der Waals surface area contributed by atoms with E-state index in [0.29, 0.717) is 12.8 Å². The van der Waals surface area contributed by atoms with Crippen LogP contribution in [0.5, 0.6) is 0 Å². The molecule has 0 aliphatic rings. The zero-order valence-corrected chi connectivity index (χ0v) is 16.3. The Labute approximate surface area is 168 Å². The summed E-state index contributed by atoms with van der Waals surface area (Å²) in [6, 6.07) is 0. The first-order chi connectivity index (χ1) is 9.31. The Morgan fingerprint density at radius 3 is 1.68 bits per heavy atom. The fraction of sp³-hybridized carbons (Fsp3) is 1.00. The second-order valence-electron chi connectivity index (χ2n) is 4.77. The van der Waals surface area contributed by atoms with Crippen LogP contribution in [-0.4, -0.2) is 30.1 Å². The average molecular weight is 382 g/mol. The molecule has 0 saturated carbocycles. The summed E-state index contributed by atoms with van der Waals surface area (Å²) in [7, 11) is -6.90. The molecule has 0 rings (SSSR count). The SMILES string of the molecule is CCCCCCCCC(F)(F)C(F)(F)C(F)(F)S(=O)(=O)[O-].[K+]. The van der Waals surface area contributed by atoms with Crippen LogP contribution < -0.4 is 51.4 Å². The largest absolute Gasteiger partial charge is 1.00 e. The van der Waals surface area contributed by atoms with Crippen molar-refractivity contribution in [3.8, 4) is 0 Å². The van der Waals surface area contributed by atoms with E-state index >= 15 is 0 Å². The van der Waals surface area contributed by atoms with Crippen molar-refractivity contribution in [2.45, 2.75) is 69.0 Å². The third-order valence-corrected chi connectivity index (χ3v) is 3.87. The molecule has 0 bridgehead atoms. The molecule has 0 aromatic heterocycles. The number of alkyl halides is 6. The molecule has 0 aromatic rings. The molecule has 0 aliphatic carbocycles. The summed E-state index contributed by atoms with van der Waals surface area (Å²) in [5.74, 6) is -11.5. The quantitative estimate of drug-likeness (QED) is 0.247. The van der Waals surface area contributed by atoms with Crippen molar-refractivity contribution in [2.24, 2.45) is 0 Å². The maximum atomic E-state index is 13.2. The van der Waals surface area contributed by atoms with Gasteiger partial charge in [-0.25, -0.2) is 8.42 Å². The molecule has 0 spiro atoms. The summed E-state index contributed by atoms with van der Waals surface area (Å²) < 4.78 is 108. The van der Waals surface area contributed by atoms with Gasteiger partial charge in [0.05, 0.1) is 0 Å². The van der Waals surface area contributed by atoms with Gasteiger partial charge in [0.15, 0.2) is 10.1 Å². The normalized spacial score (nSPS) is 13.8. The van der Waals surface area contributed by atoms with Gasteiger partial charge in [0.25, 0.3) is 0 Å². The van der Waals surface area contributed by atoms with Crippen molar-refractivity contribution < 1.29 is 90.7 Å². The zero-order valence-electron chi connectivity index (χ0n) is 12.4. The Kier molecular flexibility index (Phi) is 11.0. The minimum absolute atomic E-state index is 0. The third-order valence-electron chi connectivity index (χ3n) is 2.98. The van der Waals surface area contributed by atoms with Gasteiger partial charge >= 0.3 is 68.5 Å². The van der Waals surface area contributed by atoms with Gasteiger partial charge in [0, 0.05) is 6.42 Å². The molecule has 3 nitrogen and oxygen atoms in total. The molecule has 0 atom stereocenters. The predicted molar refractivity (Wildman–Crippen MR) is 62.5 cm³/mol. The maximum absolute atomic E-state index is 13.2. The van der Waals surface area contributed by atoms with Crippen LogP contribution in [0.4, 0.5) is 26.3 Å². The van der Waals surface area contributed by atoms with Crippen LogP contribution in [0.2, 0.25) is 0 Å². The van der Waals surface area contributed by atoms with E-state index in [1.54, 1.807) is 0 Å². The fourth-order valence-electron chi connectivity index (χ4n) is 1.65. The minimum Gasteiger partial charge on any atom is -0.743 e. The Balaban J connectivity index is 0. The van der Waals surface area contributed by atoms with Gasteiger partial charge in [-0.05, 0) is 6.42 Å². The number of rotatable bonds is 10. The van der Waals surface area contributed by atoms with E-state index in [2.05, 4.69) is 0 Å². The Bertz CT molecular complexity index is 428. The molecule has 0 aromatic carbocycles. The van der Waals surface area contributed by atoms with E-state index in [1.165, 1.54) is 0 Å². The van der Waals surface area contributed by atoms with Crippen LogP contribution in [0.1, 0.15) is 51.9 Å². The molecule has 11 heteroatoms. The first-order valence-electron chi connectivity index (χ1n) is 6.40. The molecule has 0 unspecified atom stereocenters. The van der Waals surface area contributed by atoms with Gasteiger partial charge in [-0.2, -0.15) is 26.3 Å². The van der Waals surface area contributed by atoms with Crippen molar-refractivity contribution >= 4 is 10.1 Å². The third kappa shape index (κ3) is 6.21. The monoisotopic (exact) mass is 382 g/mol. The smallest absolute Gasteiger partial charge is 0.743 e. The molecule has 0 aliphatic heterocycles. The first-order valence-corrected chi connectivity index (χ1v) is 7.81. The van der Waals surface area contributed by atoms with E-state index in [9.17, 15) is 39.3 Å². The molecule has 0 saturated heterocycles. The second kappa shape index (κ2) is 9.57. The van der Waals surface area contributed by atoms with Crippen molar-refractivity contribution in [2.75, 3.05) is 0 Å². The van der Waals surface area contributed by atoms with Crippen molar-refractivity contribution in [1.29, 1.82) is 0 Å². The van der Waals surface area contributed by atoms with Crippen LogP contribution in [0, 0.1) is 0 Å². The fourth-order valence-corrected chi connectivity index (χ4v) is 2.12. The molecular formula is C11H17F6KO3S. The zero-order chi connectivity index (χ0) is 16.9. The number of unbranched alkanes of at least 4 members (excludes halogenated alkanes) is 5. The van der Waals surface area contributed by atoms with Crippen LogP contribution >= 0.6 is 0 Å². The van der Waals surface area contributed by atoms with Crippen molar-refractivity contribution in [1.82, 2.24) is 0 Å². The van der Waals surface area contributed by atoms with Gasteiger partial charge in [-0.15, -0.1) is 0 Å². The van der Waals surface area contributed by atoms with Gasteiger partial charge in [0.1, 0.15) is 0 Å². The van der Waals surface area contributed by atoms with Crippen LogP contribution in [0.15, 0.2) is 0 Å². The molecule has 0 radical (unpaired) electrons. The predicted octanol–water partition coefficient (Wildman–Crippen LogP) is 1.15.